The van der Waals surface area contributed by atoms with Crippen molar-refractivity contribution in [3.05, 3.63) is 115 Å². The molecule has 37 heavy (non-hydrogen) atoms. The molecular formula is C28H24N2O6S. The number of carbonyl (C=O) groups excluding carboxylic acids is 2. The highest BCUT2D eigenvalue weighted by atomic mass is 32.2. The summed E-state index contributed by atoms with van der Waals surface area (Å²) in [6.07, 6.45) is 0. The van der Waals surface area contributed by atoms with Crippen LogP contribution in [0, 0.1) is 0 Å². The third kappa shape index (κ3) is 6.33. The lowest BCUT2D eigenvalue weighted by molar-refractivity contribution is -0.114. The standard InChI is InChI=1S/C28H24N2O6S/c1-35-28(32)21-12-14-22(15-13-21)29-27(31)20-30(37(33,34)26-10-6-3-7-11-26)23-16-18-25(19-17-23)36-24-8-4-2-5-9-24/h2-19H,20H2,1H3,(H,29,31). The molecule has 0 radical (unpaired) electrons. The number of nitrogens with one attached hydrogen (secondary N) is 1. The molecular weight excluding hydrogens is 492 g/mol. The fourth-order valence-electron chi connectivity index (χ4n) is 3.48. The van der Waals surface area contributed by atoms with E-state index in [0.717, 1.165) is 4.31 Å². The van der Waals surface area contributed by atoms with Crippen molar-refractivity contribution in [3.8, 4) is 11.5 Å². The van der Waals surface area contributed by atoms with Crippen molar-refractivity contribution in [2.75, 3.05) is 23.3 Å². The summed E-state index contributed by atoms with van der Waals surface area (Å²) < 4.78 is 38.5. The number of hydrogen-bond acceptors (Lipinski definition) is 6. The highest BCUT2D eigenvalue weighted by molar-refractivity contribution is 7.92. The van der Waals surface area contributed by atoms with Crippen LogP contribution >= 0.6 is 0 Å². The molecule has 1 N–H and O–H groups in total. The van der Waals surface area contributed by atoms with Crippen LogP contribution in [0.15, 0.2) is 114 Å². The molecule has 0 atom stereocenters. The Hall–Kier alpha value is -4.63. The van der Waals surface area contributed by atoms with Gasteiger partial charge < -0.3 is 14.8 Å². The summed E-state index contributed by atoms with van der Waals surface area (Å²) in [5.41, 5.74) is 1.02. The normalized spacial score (nSPS) is 10.8. The number of benzene rings is 4. The van der Waals surface area contributed by atoms with E-state index in [9.17, 15) is 18.0 Å². The average molecular weight is 517 g/mol. The van der Waals surface area contributed by atoms with E-state index in [1.807, 2.05) is 30.3 Å². The smallest absolute Gasteiger partial charge is 0.337 e. The van der Waals surface area contributed by atoms with Crippen LogP contribution in [0.1, 0.15) is 10.4 Å². The average Bonchev–Trinajstić information content (AvgIpc) is 2.93. The van der Waals surface area contributed by atoms with Gasteiger partial charge in [-0.1, -0.05) is 36.4 Å². The first kappa shape index (κ1) is 25.5. The number of para-hydroxylation sites is 1. The lowest BCUT2D eigenvalue weighted by Crippen LogP contribution is -2.38. The second-order valence-electron chi connectivity index (χ2n) is 7.85. The van der Waals surface area contributed by atoms with E-state index in [0.29, 0.717) is 28.4 Å². The zero-order valence-corrected chi connectivity index (χ0v) is 20.7. The molecule has 9 heteroatoms. The molecule has 0 fully saturated rings. The third-order valence-corrected chi connectivity index (χ3v) is 7.10. The van der Waals surface area contributed by atoms with Crippen LogP contribution in [-0.2, 0) is 19.6 Å². The van der Waals surface area contributed by atoms with Crippen LogP contribution in [-0.4, -0.2) is 33.9 Å². The van der Waals surface area contributed by atoms with Crippen LogP contribution in [0.2, 0.25) is 0 Å². The van der Waals surface area contributed by atoms with Crippen molar-refractivity contribution >= 4 is 33.3 Å². The summed E-state index contributed by atoms with van der Waals surface area (Å²) in [5, 5.41) is 2.67. The molecule has 0 saturated heterocycles. The molecule has 0 heterocycles. The van der Waals surface area contributed by atoms with Gasteiger partial charge in [-0.3, -0.25) is 9.10 Å². The Bertz CT molecular complexity index is 1460. The molecule has 0 saturated carbocycles. The van der Waals surface area contributed by atoms with Crippen molar-refractivity contribution in [1.82, 2.24) is 0 Å². The molecule has 4 aromatic rings. The number of anilines is 2. The van der Waals surface area contributed by atoms with Gasteiger partial charge in [-0.05, 0) is 72.8 Å². The highest BCUT2D eigenvalue weighted by Crippen LogP contribution is 2.28. The number of methoxy groups -OCH3 is 1. The molecule has 0 aromatic heterocycles. The van der Waals surface area contributed by atoms with Crippen molar-refractivity contribution < 1.29 is 27.5 Å². The zero-order valence-electron chi connectivity index (χ0n) is 19.9. The number of ether oxygens (including phenoxy) is 2. The Kier molecular flexibility index (Phi) is 7.85. The van der Waals surface area contributed by atoms with E-state index >= 15 is 0 Å². The van der Waals surface area contributed by atoms with Crippen molar-refractivity contribution in [2.24, 2.45) is 0 Å². The fraction of sp³-hybridized carbons (Fsp3) is 0.0714. The van der Waals surface area contributed by atoms with Crippen LogP contribution < -0.4 is 14.4 Å². The summed E-state index contributed by atoms with van der Waals surface area (Å²) in [4.78, 5) is 24.6. The molecule has 4 rings (SSSR count). The molecule has 188 valence electrons. The van der Waals surface area contributed by atoms with Gasteiger partial charge in [-0.15, -0.1) is 0 Å². The lowest BCUT2D eigenvalue weighted by atomic mass is 10.2. The van der Waals surface area contributed by atoms with Gasteiger partial charge in [0, 0.05) is 5.69 Å². The second kappa shape index (κ2) is 11.4. The monoisotopic (exact) mass is 516 g/mol. The number of carbonyl (C=O) groups is 2. The predicted octanol–water partition coefficient (Wildman–Crippen LogP) is 5.10. The minimum absolute atomic E-state index is 0.0508. The number of amides is 1. The molecule has 0 aliphatic heterocycles. The van der Waals surface area contributed by atoms with Gasteiger partial charge in [-0.25, -0.2) is 13.2 Å². The van der Waals surface area contributed by atoms with Crippen molar-refractivity contribution in [1.29, 1.82) is 0 Å². The molecule has 0 aliphatic carbocycles. The zero-order chi connectivity index (χ0) is 26.3. The third-order valence-electron chi connectivity index (χ3n) is 5.31. The van der Waals surface area contributed by atoms with E-state index in [-0.39, 0.29) is 4.90 Å². The Balaban J connectivity index is 1.57. The number of rotatable bonds is 9. The molecule has 0 bridgehead atoms. The SMILES string of the molecule is COC(=O)c1ccc(NC(=O)CN(c2ccc(Oc3ccccc3)cc2)S(=O)(=O)c2ccccc2)cc1. The topological polar surface area (TPSA) is 102 Å². The van der Waals surface area contributed by atoms with Gasteiger partial charge in [0.1, 0.15) is 18.0 Å². The van der Waals surface area contributed by atoms with Crippen LogP contribution in [0.4, 0.5) is 11.4 Å². The van der Waals surface area contributed by atoms with Gasteiger partial charge in [0.2, 0.25) is 5.91 Å². The molecule has 4 aromatic carbocycles. The first-order valence-electron chi connectivity index (χ1n) is 11.3. The van der Waals surface area contributed by atoms with Gasteiger partial charge >= 0.3 is 5.97 Å². The Morgan fingerprint density at radius 2 is 1.32 bits per heavy atom. The van der Waals surface area contributed by atoms with Crippen molar-refractivity contribution in [2.45, 2.75) is 4.90 Å². The van der Waals surface area contributed by atoms with E-state index in [2.05, 4.69) is 10.1 Å². The molecule has 0 unspecified atom stereocenters. The Morgan fingerprint density at radius 3 is 1.92 bits per heavy atom. The summed E-state index contributed by atoms with van der Waals surface area (Å²) in [6.45, 7) is -0.477. The maximum atomic E-state index is 13.5. The van der Waals surface area contributed by atoms with E-state index in [1.165, 1.54) is 43.5 Å². The van der Waals surface area contributed by atoms with E-state index in [1.54, 1.807) is 42.5 Å². The highest BCUT2D eigenvalue weighted by Gasteiger charge is 2.27. The summed E-state index contributed by atoms with van der Waals surface area (Å²) in [6, 6.07) is 29.6. The largest absolute Gasteiger partial charge is 0.465 e. The van der Waals surface area contributed by atoms with Gasteiger partial charge in [0.25, 0.3) is 10.0 Å². The maximum absolute atomic E-state index is 13.5. The summed E-state index contributed by atoms with van der Waals surface area (Å²) in [5.74, 6) is 0.0939. The molecule has 0 aliphatic rings. The molecule has 8 nitrogen and oxygen atoms in total. The minimum Gasteiger partial charge on any atom is -0.465 e. The Morgan fingerprint density at radius 1 is 0.757 bits per heavy atom. The summed E-state index contributed by atoms with van der Waals surface area (Å²) >= 11 is 0. The van der Waals surface area contributed by atoms with Crippen LogP contribution in [0.5, 0.6) is 11.5 Å². The van der Waals surface area contributed by atoms with Crippen LogP contribution in [0.3, 0.4) is 0 Å². The number of hydrogen-bond donors (Lipinski definition) is 1. The maximum Gasteiger partial charge on any atom is 0.337 e. The summed E-state index contributed by atoms with van der Waals surface area (Å²) in [7, 11) is -2.79. The number of sulfonamides is 1. The first-order chi connectivity index (χ1) is 17.9. The van der Waals surface area contributed by atoms with Crippen molar-refractivity contribution in [3.63, 3.8) is 0 Å². The number of esters is 1. The predicted molar refractivity (Wildman–Crippen MR) is 140 cm³/mol. The van der Waals surface area contributed by atoms with Gasteiger partial charge in [-0.2, -0.15) is 0 Å². The second-order valence-corrected chi connectivity index (χ2v) is 9.71. The van der Waals surface area contributed by atoms with E-state index in [4.69, 9.17) is 4.74 Å². The molecule has 1 amide bonds. The van der Waals surface area contributed by atoms with Gasteiger partial charge in [0.05, 0.1) is 23.3 Å². The lowest BCUT2D eigenvalue weighted by Gasteiger charge is -2.24. The minimum atomic E-state index is -4.06. The fourth-order valence-corrected chi connectivity index (χ4v) is 4.92. The quantitative estimate of drug-likeness (QED) is 0.311. The van der Waals surface area contributed by atoms with E-state index < -0.39 is 28.4 Å². The molecule has 0 spiro atoms. The van der Waals surface area contributed by atoms with Gasteiger partial charge in [0.15, 0.2) is 0 Å². The van der Waals surface area contributed by atoms with Crippen LogP contribution in [0.25, 0.3) is 0 Å². The Labute approximate surface area is 215 Å². The first-order valence-corrected chi connectivity index (χ1v) is 12.7. The number of nitrogens with zero attached hydrogens (tertiary/aromatic N) is 1.